The van der Waals surface area contributed by atoms with Crippen LogP contribution in [0.1, 0.15) is 18.4 Å². The summed E-state index contributed by atoms with van der Waals surface area (Å²) in [4.78, 5) is 13.7. The number of rotatable bonds is 8. The molecule has 0 bridgehead atoms. The number of benzene rings is 1. The van der Waals surface area contributed by atoms with Crippen molar-refractivity contribution in [3.05, 3.63) is 28.8 Å². The third kappa shape index (κ3) is 6.78. The number of nitrogens with one attached hydrogen (secondary N) is 2. The van der Waals surface area contributed by atoms with E-state index in [9.17, 15) is 4.79 Å². The van der Waals surface area contributed by atoms with Gasteiger partial charge in [0, 0.05) is 30.2 Å². The Morgan fingerprint density at radius 1 is 1.30 bits per heavy atom. The average Bonchev–Trinajstić information content (AvgIpc) is 2.38. The largest absolute Gasteiger partial charge is 0.384 e. The molecule has 0 atom stereocenters. The molecular weight excluding hydrogens is 274 g/mol. The van der Waals surface area contributed by atoms with Crippen LogP contribution in [-0.4, -0.2) is 44.5 Å². The third-order valence-electron chi connectivity index (χ3n) is 2.97. The summed E-state index contributed by atoms with van der Waals surface area (Å²) in [6, 6.07) is 5.71. The lowest BCUT2D eigenvalue weighted by Crippen LogP contribution is -2.28. The summed E-state index contributed by atoms with van der Waals surface area (Å²) < 4.78 is 0. The minimum atomic E-state index is 0.0796. The molecule has 112 valence electrons. The van der Waals surface area contributed by atoms with E-state index in [1.54, 1.807) is 0 Å². The molecule has 0 saturated heterocycles. The topological polar surface area (TPSA) is 44.4 Å². The quantitative estimate of drug-likeness (QED) is 0.725. The molecule has 1 rings (SSSR count). The number of amides is 1. The van der Waals surface area contributed by atoms with E-state index in [2.05, 4.69) is 15.5 Å². The minimum Gasteiger partial charge on any atom is -0.384 e. The molecule has 2 N–H and O–H groups in total. The van der Waals surface area contributed by atoms with Crippen molar-refractivity contribution in [2.45, 2.75) is 19.8 Å². The predicted molar refractivity (Wildman–Crippen MR) is 85.5 cm³/mol. The Morgan fingerprint density at radius 2 is 2.05 bits per heavy atom. The van der Waals surface area contributed by atoms with Crippen molar-refractivity contribution in [1.29, 1.82) is 0 Å². The van der Waals surface area contributed by atoms with Crippen LogP contribution in [0.3, 0.4) is 0 Å². The zero-order valence-corrected chi connectivity index (χ0v) is 13.3. The number of halogens is 1. The summed E-state index contributed by atoms with van der Waals surface area (Å²) in [5, 5.41) is 6.86. The Bertz CT molecular complexity index is 435. The number of carbonyl (C=O) groups excluding carboxylic acids is 1. The van der Waals surface area contributed by atoms with E-state index < -0.39 is 0 Å². The van der Waals surface area contributed by atoms with Gasteiger partial charge in [0.15, 0.2) is 0 Å². The Morgan fingerprint density at radius 3 is 2.75 bits per heavy atom. The molecule has 1 aromatic carbocycles. The van der Waals surface area contributed by atoms with Gasteiger partial charge in [0.1, 0.15) is 0 Å². The van der Waals surface area contributed by atoms with Crippen molar-refractivity contribution in [2.75, 3.05) is 39.0 Å². The summed E-state index contributed by atoms with van der Waals surface area (Å²) in [6.07, 6.45) is 1.44. The third-order valence-corrected chi connectivity index (χ3v) is 3.21. The Hall–Kier alpha value is -1.26. The Balaban J connectivity index is 2.20. The Kier molecular flexibility index (Phi) is 7.41. The van der Waals surface area contributed by atoms with E-state index in [0.717, 1.165) is 30.8 Å². The Labute approximate surface area is 126 Å². The first-order chi connectivity index (χ1) is 9.49. The molecule has 1 amide bonds. The molecule has 0 radical (unpaired) electrons. The SMILES string of the molecule is Cc1ccc(Cl)cc1NCCC(=O)NCCCN(C)C. The van der Waals surface area contributed by atoms with Crippen molar-refractivity contribution in [2.24, 2.45) is 0 Å². The van der Waals surface area contributed by atoms with Crippen LogP contribution in [0.4, 0.5) is 5.69 Å². The first-order valence-corrected chi connectivity index (χ1v) is 7.28. The smallest absolute Gasteiger partial charge is 0.221 e. The van der Waals surface area contributed by atoms with Gasteiger partial charge in [-0.05, 0) is 51.7 Å². The van der Waals surface area contributed by atoms with Gasteiger partial charge in [-0.25, -0.2) is 0 Å². The van der Waals surface area contributed by atoms with Crippen LogP contribution in [0.5, 0.6) is 0 Å². The highest BCUT2D eigenvalue weighted by Gasteiger charge is 2.02. The fraction of sp³-hybridized carbons (Fsp3) is 0.533. The highest BCUT2D eigenvalue weighted by Crippen LogP contribution is 2.19. The second-order valence-electron chi connectivity index (χ2n) is 5.14. The number of carbonyl (C=O) groups is 1. The number of nitrogens with zero attached hydrogens (tertiary/aromatic N) is 1. The van der Waals surface area contributed by atoms with Crippen LogP contribution in [-0.2, 0) is 4.79 Å². The normalized spacial score (nSPS) is 10.7. The fourth-order valence-electron chi connectivity index (χ4n) is 1.81. The fourth-order valence-corrected chi connectivity index (χ4v) is 1.98. The average molecular weight is 298 g/mol. The zero-order chi connectivity index (χ0) is 15.0. The lowest BCUT2D eigenvalue weighted by atomic mass is 10.2. The van der Waals surface area contributed by atoms with E-state index >= 15 is 0 Å². The van der Waals surface area contributed by atoms with Crippen molar-refractivity contribution in [3.8, 4) is 0 Å². The molecule has 0 aliphatic rings. The lowest BCUT2D eigenvalue weighted by Gasteiger charge is -2.11. The van der Waals surface area contributed by atoms with E-state index in [1.165, 1.54) is 0 Å². The van der Waals surface area contributed by atoms with Gasteiger partial charge >= 0.3 is 0 Å². The van der Waals surface area contributed by atoms with Crippen molar-refractivity contribution < 1.29 is 4.79 Å². The van der Waals surface area contributed by atoms with Crippen LogP contribution in [0.25, 0.3) is 0 Å². The van der Waals surface area contributed by atoms with Gasteiger partial charge in [-0.1, -0.05) is 17.7 Å². The molecular formula is C15H24ClN3O. The predicted octanol–water partition coefficient (Wildman–Crippen LogP) is 2.52. The highest BCUT2D eigenvalue weighted by molar-refractivity contribution is 6.30. The van der Waals surface area contributed by atoms with Crippen LogP contribution in [0.15, 0.2) is 18.2 Å². The van der Waals surface area contributed by atoms with E-state index in [0.29, 0.717) is 18.0 Å². The summed E-state index contributed by atoms with van der Waals surface area (Å²) in [7, 11) is 4.05. The molecule has 0 aromatic heterocycles. The zero-order valence-electron chi connectivity index (χ0n) is 12.5. The standard InChI is InChI=1S/C15H24ClN3O/c1-12-5-6-13(16)11-14(12)17-9-7-15(20)18-8-4-10-19(2)3/h5-6,11,17H,4,7-10H2,1-3H3,(H,18,20). The van der Waals surface area contributed by atoms with Crippen molar-refractivity contribution in [1.82, 2.24) is 10.2 Å². The highest BCUT2D eigenvalue weighted by atomic mass is 35.5. The lowest BCUT2D eigenvalue weighted by molar-refractivity contribution is -0.120. The van der Waals surface area contributed by atoms with Gasteiger partial charge in [0.05, 0.1) is 0 Å². The summed E-state index contributed by atoms with van der Waals surface area (Å²) in [6.45, 7) is 4.34. The molecule has 0 aliphatic heterocycles. The number of hydrogen-bond donors (Lipinski definition) is 2. The van der Waals surface area contributed by atoms with Crippen LogP contribution in [0.2, 0.25) is 5.02 Å². The van der Waals surface area contributed by atoms with E-state index in [-0.39, 0.29) is 5.91 Å². The molecule has 0 heterocycles. The second kappa shape index (κ2) is 8.82. The summed E-state index contributed by atoms with van der Waals surface area (Å²) in [5.41, 5.74) is 2.11. The van der Waals surface area contributed by atoms with Gasteiger partial charge in [0.25, 0.3) is 0 Å². The minimum absolute atomic E-state index is 0.0796. The molecule has 1 aromatic rings. The maximum absolute atomic E-state index is 11.6. The molecule has 0 saturated carbocycles. The molecule has 0 aliphatic carbocycles. The monoisotopic (exact) mass is 297 g/mol. The molecule has 0 spiro atoms. The van der Waals surface area contributed by atoms with Gasteiger partial charge in [-0.3, -0.25) is 4.79 Å². The van der Waals surface area contributed by atoms with Gasteiger partial charge in [0.2, 0.25) is 5.91 Å². The molecule has 0 unspecified atom stereocenters. The van der Waals surface area contributed by atoms with Crippen molar-refractivity contribution >= 4 is 23.2 Å². The van der Waals surface area contributed by atoms with Crippen molar-refractivity contribution in [3.63, 3.8) is 0 Å². The molecule has 5 heteroatoms. The van der Waals surface area contributed by atoms with E-state index in [1.807, 2.05) is 39.2 Å². The van der Waals surface area contributed by atoms with Gasteiger partial charge in [-0.2, -0.15) is 0 Å². The van der Waals surface area contributed by atoms with E-state index in [4.69, 9.17) is 11.6 Å². The maximum atomic E-state index is 11.6. The molecule has 0 fully saturated rings. The first-order valence-electron chi connectivity index (χ1n) is 6.90. The second-order valence-corrected chi connectivity index (χ2v) is 5.58. The summed E-state index contributed by atoms with van der Waals surface area (Å²) >= 11 is 5.95. The molecule has 20 heavy (non-hydrogen) atoms. The molecule has 4 nitrogen and oxygen atoms in total. The maximum Gasteiger partial charge on any atom is 0.221 e. The summed E-state index contributed by atoms with van der Waals surface area (Å²) in [5.74, 6) is 0.0796. The van der Waals surface area contributed by atoms with Gasteiger partial charge in [-0.15, -0.1) is 0 Å². The van der Waals surface area contributed by atoms with Gasteiger partial charge < -0.3 is 15.5 Å². The number of anilines is 1. The van der Waals surface area contributed by atoms with Crippen LogP contribution in [0, 0.1) is 6.92 Å². The van der Waals surface area contributed by atoms with Crippen LogP contribution >= 0.6 is 11.6 Å². The number of hydrogen-bond acceptors (Lipinski definition) is 3. The number of aryl methyl sites for hydroxylation is 1. The first kappa shape index (κ1) is 16.8. The van der Waals surface area contributed by atoms with Crippen LogP contribution < -0.4 is 10.6 Å².